The third kappa shape index (κ3) is 5.71. The number of carbonyl (C=O) groups is 2. The lowest BCUT2D eigenvalue weighted by Crippen LogP contribution is -2.26. The van der Waals surface area contributed by atoms with E-state index in [4.69, 9.17) is 9.47 Å². The molecule has 174 valence electrons. The molecular weight excluding hydrogens is 422 g/mol. The number of anilines is 1. The largest absolute Gasteiger partial charge is 0.494 e. The number of ether oxygens (including phenoxy) is 2. The maximum absolute atomic E-state index is 13.0. The van der Waals surface area contributed by atoms with Crippen molar-refractivity contribution in [3.05, 3.63) is 45.8 Å². The van der Waals surface area contributed by atoms with Crippen molar-refractivity contribution in [3.63, 3.8) is 0 Å². The molecule has 6 heteroatoms. The predicted octanol–water partition coefficient (Wildman–Crippen LogP) is 6.36. The summed E-state index contributed by atoms with van der Waals surface area (Å²) in [5.41, 5.74) is 2.25. The number of nitrogens with one attached hydrogen (secondary N) is 1. The SMILES string of the molecule is COC(=O)c1c(NC(=O)c2cccc(OCCC(C)C)c2)sc2c1CCC(C(C)(C)C)C2. The number of benzene rings is 1. The van der Waals surface area contributed by atoms with E-state index in [9.17, 15) is 9.59 Å². The van der Waals surface area contributed by atoms with Crippen LogP contribution in [0.4, 0.5) is 5.00 Å². The fourth-order valence-corrected chi connectivity index (χ4v) is 5.36. The van der Waals surface area contributed by atoms with Crippen LogP contribution in [0.15, 0.2) is 24.3 Å². The zero-order valence-electron chi connectivity index (χ0n) is 20.0. The molecule has 5 nitrogen and oxygen atoms in total. The monoisotopic (exact) mass is 457 g/mol. The maximum atomic E-state index is 13.0. The minimum atomic E-state index is -0.391. The number of carbonyl (C=O) groups excluding carboxylic acids is 2. The topological polar surface area (TPSA) is 64.6 Å². The van der Waals surface area contributed by atoms with Gasteiger partial charge in [0, 0.05) is 10.4 Å². The van der Waals surface area contributed by atoms with E-state index in [1.165, 1.54) is 23.3 Å². The maximum Gasteiger partial charge on any atom is 0.341 e. The van der Waals surface area contributed by atoms with Gasteiger partial charge in [0.15, 0.2) is 0 Å². The highest BCUT2D eigenvalue weighted by Crippen LogP contribution is 2.44. The number of amides is 1. The van der Waals surface area contributed by atoms with E-state index in [1.54, 1.807) is 12.1 Å². The van der Waals surface area contributed by atoms with Crippen molar-refractivity contribution in [3.8, 4) is 5.75 Å². The van der Waals surface area contributed by atoms with Gasteiger partial charge in [-0.2, -0.15) is 0 Å². The Kier molecular flexibility index (Phi) is 7.65. The van der Waals surface area contributed by atoms with Crippen LogP contribution in [0, 0.1) is 17.3 Å². The van der Waals surface area contributed by atoms with Crippen LogP contribution in [-0.2, 0) is 17.6 Å². The fourth-order valence-electron chi connectivity index (χ4n) is 4.05. The predicted molar refractivity (Wildman–Crippen MR) is 130 cm³/mol. The quantitative estimate of drug-likeness (QED) is 0.491. The molecule has 0 radical (unpaired) electrons. The Morgan fingerprint density at radius 3 is 2.66 bits per heavy atom. The summed E-state index contributed by atoms with van der Waals surface area (Å²) in [6, 6.07) is 7.17. The third-order valence-corrected chi connectivity index (χ3v) is 7.34. The van der Waals surface area contributed by atoms with Crippen molar-refractivity contribution in [2.45, 2.75) is 60.3 Å². The Labute approximate surface area is 195 Å². The zero-order valence-corrected chi connectivity index (χ0v) is 20.9. The molecule has 0 aliphatic heterocycles. The van der Waals surface area contributed by atoms with E-state index in [0.29, 0.717) is 40.3 Å². The van der Waals surface area contributed by atoms with Crippen LogP contribution < -0.4 is 10.1 Å². The molecule has 0 spiro atoms. The summed E-state index contributed by atoms with van der Waals surface area (Å²) < 4.78 is 10.9. The summed E-state index contributed by atoms with van der Waals surface area (Å²) in [5, 5.41) is 3.55. The highest BCUT2D eigenvalue weighted by Gasteiger charge is 2.34. The number of esters is 1. The molecule has 1 N–H and O–H groups in total. The van der Waals surface area contributed by atoms with E-state index in [0.717, 1.165) is 31.2 Å². The van der Waals surface area contributed by atoms with Gasteiger partial charge in [0.1, 0.15) is 10.8 Å². The Morgan fingerprint density at radius 1 is 1.25 bits per heavy atom. The summed E-state index contributed by atoms with van der Waals surface area (Å²) in [7, 11) is 1.39. The van der Waals surface area contributed by atoms with Gasteiger partial charge < -0.3 is 14.8 Å². The lowest BCUT2D eigenvalue weighted by molar-refractivity contribution is 0.0600. The van der Waals surface area contributed by atoms with Gasteiger partial charge in [0.2, 0.25) is 0 Å². The zero-order chi connectivity index (χ0) is 23.5. The van der Waals surface area contributed by atoms with Crippen molar-refractivity contribution in [2.24, 2.45) is 17.3 Å². The molecule has 1 heterocycles. The Hall–Kier alpha value is -2.34. The van der Waals surface area contributed by atoms with Crippen LogP contribution in [0.5, 0.6) is 5.75 Å². The standard InChI is InChI=1S/C26H35NO4S/c1-16(2)12-13-31-19-9-7-8-17(14-19)23(28)27-24-22(25(29)30-6)20-11-10-18(26(3,4)5)15-21(20)32-24/h7-9,14,16,18H,10-13,15H2,1-6H3,(H,27,28). The molecule has 1 atom stereocenters. The van der Waals surface area contributed by atoms with Crippen molar-refractivity contribution in [2.75, 3.05) is 19.0 Å². The van der Waals surface area contributed by atoms with Crippen molar-refractivity contribution < 1.29 is 19.1 Å². The van der Waals surface area contributed by atoms with Crippen LogP contribution >= 0.6 is 11.3 Å². The van der Waals surface area contributed by atoms with Crippen LogP contribution in [0.1, 0.15) is 78.6 Å². The Morgan fingerprint density at radius 2 is 2.00 bits per heavy atom. The molecule has 1 unspecified atom stereocenters. The average Bonchev–Trinajstić information content (AvgIpc) is 3.09. The van der Waals surface area contributed by atoms with Gasteiger partial charge in [-0.15, -0.1) is 11.3 Å². The number of fused-ring (bicyclic) bond motifs is 1. The molecule has 32 heavy (non-hydrogen) atoms. The first-order valence-corrected chi connectivity index (χ1v) is 12.2. The van der Waals surface area contributed by atoms with Crippen LogP contribution in [0.3, 0.4) is 0 Å². The second-order valence-corrected chi connectivity index (χ2v) is 11.1. The first-order valence-electron chi connectivity index (χ1n) is 11.4. The van der Waals surface area contributed by atoms with Gasteiger partial charge >= 0.3 is 5.97 Å². The highest BCUT2D eigenvalue weighted by molar-refractivity contribution is 7.17. The summed E-state index contributed by atoms with van der Waals surface area (Å²) in [4.78, 5) is 26.8. The van der Waals surface area contributed by atoms with Crippen molar-refractivity contribution in [1.29, 1.82) is 0 Å². The summed E-state index contributed by atoms with van der Waals surface area (Å²) in [6.45, 7) is 11.7. The summed E-state index contributed by atoms with van der Waals surface area (Å²) >= 11 is 1.51. The molecule has 1 aromatic heterocycles. The number of thiophene rings is 1. The van der Waals surface area contributed by atoms with Crippen LogP contribution in [-0.4, -0.2) is 25.6 Å². The smallest absolute Gasteiger partial charge is 0.341 e. The first kappa shape index (κ1) is 24.3. The number of methoxy groups -OCH3 is 1. The van der Waals surface area contributed by atoms with E-state index in [1.807, 2.05) is 12.1 Å². The van der Waals surface area contributed by atoms with E-state index < -0.39 is 5.97 Å². The van der Waals surface area contributed by atoms with E-state index in [-0.39, 0.29) is 11.3 Å². The average molecular weight is 458 g/mol. The van der Waals surface area contributed by atoms with Gasteiger partial charge in [-0.05, 0) is 66.7 Å². The molecule has 1 aliphatic carbocycles. The van der Waals surface area contributed by atoms with Gasteiger partial charge in [0.25, 0.3) is 5.91 Å². The molecular formula is C26H35NO4S. The van der Waals surface area contributed by atoms with Crippen molar-refractivity contribution in [1.82, 2.24) is 0 Å². The number of hydrogen-bond acceptors (Lipinski definition) is 5. The fraction of sp³-hybridized carbons (Fsp3) is 0.538. The third-order valence-electron chi connectivity index (χ3n) is 6.17. The van der Waals surface area contributed by atoms with Gasteiger partial charge in [0.05, 0.1) is 19.3 Å². The van der Waals surface area contributed by atoms with Crippen LogP contribution in [0.25, 0.3) is 0 Å². The van der Waals surface area contributed by atoms with Gasteiger partial charge in [-0.3, -0.25) is 4.79 Å². The minimum Gasteiger partial charge on any atom is -0.494 e. The van der Waals surface area contributed by atoms with Gasteiger partial charge in [-0.25, -0.2) is 4.79 Å². The molecule has 0 bridgehead atoms. The normalized spacial score (nSPS) is 15.9. The Balaban J connectivity index is 1.82. The lowest BCUT2D eigenvalue weighted by Gasteiger charge is -2.33. The summed E-state index contributed by atoms with van der Waals surface area (Å²) in [5.74, 6) is 1.13. The second kappa shape index (κ2) is 10.1. The van der Waals surface area contributed by atoms with E-state index in [2.05, 4.69) is 39.9 Å². The summed E-state index contributed by atoms with van der Waals surface area (Å²) in [6.07, 6.45) is 3.73. The number of hydrogen-bond donors (Lipinski definition) is 1. The Bertz CT molecular complexity index is 971. The van der Waals surface area contributed by atoms with Crippen LogP contribution in [0.2, 0.25) is 0 Å². The number of rotatable bonds is 7. The molecule has 0 saturated carbocycles. The minimum absolute atomic E-state index is 0.201. The van der Waals surface area contributed by atoms with Crippen molar-refractivity contribution >= 4 is 28.2 Å². The molecule has 1 aliphatic rings. The molecule has 1 aromatic carbocycles. The second-order valence-electron chi connectivity index (χ2n) is 10.0. The first-order chi connectivity index (χ1) is 15.1. The molecule has 0 saturated heterocycles. The molecule has 2 aromatic rings. The van der Waals surface area contributed by atoms with Gasteiger partial charge in [-0.1, -0.05) is 40.7 Å². The highest BCUT2D eigenvalue weighted by atomic mass is 32.1. The lowest BCUT2D eigenvalue weighted by atomic mass is 9.72. The molecule has 3 rings (SSSR count). The molecule has 0 fully saturated rings. The molecule has 1 amide bonds. The van der Waals surface area contributed by atoms with E-state index >= 15 is 0 Å².